The SMILES string of the molecule is CO[P+](=O)OCC[N+](C)(C)C. The predicted molar refractivity (Wildman–Crippen MR) is 43.5 cm³/mol. The van der Waals surface area contributed by atoms with Crippen molar-refractivity contribution in [2.45, 2.75) is 0 Å². The van der Waals surface area contributed by atoms with Crippen LogP contribution in [0.15, 0.2) is 0 Å². The van der Waals surface area contributed by atoms with E-state index < -0.39 is 8.25 Å². The molecule has 0 spiro atoms. The van der Waals surface area contributed by atoms with Crippen molar-refractivity contribution < 1.29 is 18.1 Å². The number of hydrogen-bond donors (Lipinski definition) is 0. The summed E-state index contributed by atoms with van der Waals surface area (Å²) in [5, 5.41) is 0. The Morgan fingerprint density at radius 1 is 1.36 bits per heavy atom. The predicted octanol–water partition coefficient (Wildman–Crippen LogP) is 1.01. The molecule has 66 valence electrons. The first-order valence-corrected chi connectivity index (χ1v) is 4.50. The first-order valence-electron chi connectivity index (χ1n) is 3.40. The summed E-state index contributed by atoms with van der Waals surface area (Å²) in [6.45, 7) is 1.29. The highest BCUT2D eigenvalue weighted by Gasteiger charge is 2.18. The molecule has 0 aromatic rings. The lowest BCUT2D eigenvalue weighted by atomic mass is 10.5. The smallest absolute Gasteiger partial charge is 0.329 e. The second kappa shape index (κ2) is 4.78. The molecule has 1 atom stereocenters. The summed E-state index contributed by atoms with van der Waals surface area (Å²) in [6.07, 6.45) is 0. The normalized spacial score (nSPS) is 13.3. The zero-order valence-electron chi connectivity index (χ0n) is 7.53. The van der Waals surface area contributed by atoms with E-state index in [2.05, 4.69) is 4.52 Å². The van der Waals surface area contributed by atoms with Crippen LogP contribution in [-0.2, 0) is 13.6 Å². The van der Waals surface area contributed by atoms with E-state index in [0.29, 0.717) is 6.61 Å². The van der Waals surface area contributed by atoms with Crippen LogP contribution < -0.4 is 0 Å². The van der Waals surface area contributed by atoms with Crippen LogP contribution >= 0.6 is 8.25 Å². The van der Waals surface area contributed by atoms with Crippen molar-refractivity contribution in [3.8, 4) is 0 Å². The van der Waals surface area contributed by atoms with Gasteiger partial charge >= 0.3 is 8.25 Å². The summed E-state index contributed by atoms with van der Waals surface area (Å²) in [5.74, 6) is 0. The molecule has 0 aliphatic rings. The highest BCUT2D eigenvalue weighted by molar-refractivity contribution is 7.33. The molecule has 0 amide bonds. The van der Waals surface area contributed by atoms with Crippen LogP contribution in [0.3, 0.4) is 0 Å². The number of nitrogens with zero attached hydrogens (tertiary/aromatic N) is 1. The fourth-order valence-corrected chi connectivity index (χ4v) is 0.778. The van der Waals surface area contributed by atoms with Gasteiger partial charge in [-0.1, -0.05) is 0 Å². The number of likely N-dealkylation sites (N-methyl/N-ethyl adjacent to an activating group) is 1. The van der Waals surface area contributed by atoms with E-state index in [4.69, 9.17) is 4.52 Å². The quantitative estimate of drug-likeness (QED) is 0.469. The molecule has 0 aliphatic heterocycles. The molecule has 0 fully saturated rings. The van der Waals surface area contributed by atoms with Crippen LogP contribution in [0.2, 0.25) is 0 Å². The van der Waals surface area contributed by atoms with Gasteiger partial charge in [-0.3, -0.25) is 0 Å². The Balaban J connectivity index is 3.35. The van der Waals surface area contributed by atoms with Crippen LogP contribution in [0, 0.1) is 0 Å². The number of quaternary nitrogens is 1. The number of rotatable bonds is 5. The second-order valence-corrected chi connectivity index (χ2v) is 4.32. The summed E-state index contributed by atoms with van der Waals surface area (Å²) < 4.78 is 20.7. The third-order valence-corrected chi connectivity index (χ3v) is 1.80. The van der Waals surface area contributed by atoms with E-state index in [1.807, 2.05) is 21.1 Å². The molecule has 0 aromatic carbocycles. The fraction of sp³-hybridized carbons (Fsp3) is 1.00. The third kappa shape index (κ3) is 7.88. The average molecular weight is 181 g/mol. The first-order chi connectivity index (χ1) is 4.95. The zero-order valence-corrected chi connectivity index (χ0v) is 8.43. The fourth-order valence-electron chi connectivity index (χ4n) is 0.442. The lowest BCUT2D eigenvalue weighted by Gasteiger charge is -2.21. The van der Waals surface area contributed by atoms with Crippen molar-refractivity contribution >= 4 is 8.25 Å². The van der Waals surface area contributed by atoms with E-state index in [1.165, 1.54) is 7.11 Å². The molecule has 0 heterocycles. The van der Waals surface area contributed by atoms with Crippen molar-refractivity contribution in [3.63, 3.8) is 0 Å². The molecular formula is C6H16NO3P+2. The molecule has 1 unspecified atom stereocenters. The van der Waals surface area contributed by atoms with Crippen molar-refractivity contribution in [3.05, 3.63) is 0 Å². The minimum absolute atomic E-state index is 0.465. The molecule has 0 aromatic heterocycles. The molecule has 11 heavy (non-hydrogen) atoms. The molecular weight excluding hydrogens is 165 g/mol. The minimum Gasteiger partial charge on any atom is -0.329 e. The highest BCUT2D eigenvalue weighted by Crippen LogP contribution is 2.20. The molecule has 0 radical (unpaired) electrons. The molecule has 0 N–H and O–H groups in total. The van der Waals surface area contributed by atoms with Gasteiger partial charge in [-0.2, -0.15) is 0 Å². The van der Waals surface area contributed by atoms with Crippen LogP contribution in [0.5, 0.6) is 0 Å². The average Bonchev–Trinajstić information content (AvgIpc) is 1.85. The van der Waals surface area contributed by atoms with E-state index in [9.17, 15) is 4.57 Å². The van der Waals surface area contributed by atoms with Gasteiger partial charge in [0.25, 0.3) is 0 Å². The Morgan fingerprint density at radius 3 is 2.27 bits per heavy atom. The molecule has 0 aliphatic carbocycles. The van der Waals surface area contributed by atoms with Gasteiger partial charge in [0.2, 0.25) is 0 Å². The Labute approximate surface area is 68.6 Å². The highest BCUT2D eigenvalue weighted by atomic mass is 31.1. The van der Waals surface area contributed by atoms with Crippen LogP contribution in [-0.4, -0.2) is 45.9 Å². The van der Waals surface area contributed by atoms with Gasteiger partial charge in [-0.05, 0) is 0 Å². The summed E-state index contributed by atoms with van der Waals surface area (Å²) >= 11 is 0. The van der Waals surface area contributed by atoms with Gasteiger partial charge in [0.1, 0.15) is 6.54 Å². The third-order valence-electron chi connectivity index (χ3n) is 1.11. The van der Waals surface area contributed by atoms with Gasteiger partial charge in [-0.25, -0.2) is 0 Å². The van der Waals surface area contributed by atoms with E-state index in [1.54, 1.807) is 0 Å². The summed E-state index contributed by atoms with van der Waals surface area (Å²) in [6, 6.07) is 0. The van der Waals surface area contributed by atoms with Crippen LogP contribution in [0.25, 0.3) is 0 Å². The van der Waals surface area contributed by atoms with E-state index in [-0.39, 0.29) is 0 Å². The van der Waals surface area contributed by atoms with Gasteiger partial charge < -0.3 is 4.48 Å². The van der Waals surface area contributed by atoms with Gasteiger partial charge in [0, 0.05) is 4.57 Å². The van der Waals surface area contributed by atoms with Crippen molar-refractivity contribution in [2.75, 3.05) is 41.4 Å². The van der Waals surface area contributed by atoms with E-state index in [0.717, 1.165) is 11.0 Å². The standard InChI is InChI=1S/C6H16NO3P/c1-7(2,3)5-6-10-11(8)9-4/h5-6H2,1-4H3/q+2. The first kappa shape index (κ1) is 11.0. The van der Waals surface area contributed by atoms with Crippen molar-refractivity contribution in [2.24, 2.45) is 0 Å². The molecule has 0 bridgehead atoms. The topological polar surface area (TPSA) is 35.5 Å². The Morgan fingerprint density at radius 2 is 1.91 bits per heavy atom. The Kier molecular flexibility index (Phi) is 4.77. The molecule has 4 nitrogen and oxygen atoms in total. The maximum Gasteiger partial charge on any atom is 0.697 e. The van der Waals surface area contributed by atoms with Crippen LogP contribution in [0.1, 0.15) is 0 Å². The Bertz CT molecular complexity index is 132. The number of hydrogen-bond acceptors (Lipinski definition) is 3. The second-order valence-electron chi connectivity index (χ2n) is 3.25. The summed E-state index contributed by atoms with van der Waals surface area (Å²) in [5.41, 5.74) is 0. The van der Waals surface area contributed by atoms with Gasteiger partial charge in [0.15, 0.2) is 6.61 Å². The largest absolute Gasteiger partial charge is 0.697 e. The van der Waals surface area contributed by atoms with Crippen molar-refractivity contribution in [1.82, 2.24) is 0 Å². The summed E-state index contributed by atoms with van der Waals surface area (Å²) in [7, 11) is 5.61. The van der Waals surface area contributed by atoms with Crippen molar-refractivity contribution in [1.29, 1.82) is 0 Å². The monoisotopic (exact) mass is 181 g/mol. The lowest BCUT2D eigenvalue weighted by molar-refractivity contribution is -0.870. The van der Waals surface area contributed by atoms with E-state index >= 15 is 0 Å². The van der Waals surface area contributed by atoms with Gasteiger partial charge in [0.05, 0.1) is 28.3 Å². The molecule has 0 saturated carbocycles. The molecule has 0 rings (SSSR count). The Hall–Kier alpha value is -0.0200. The maximum absolute atomic E-state index is 10.6. The summed E-state index contributed by atoms with van der Waals surface area (Å²) in [4.78, 5) is 0. The molecule has 0 saturated heterocycles. The van der Waals surface area contributed by atoms with Crippen LogP contribution in [0.4, 0.5) is 0 Å². The maximum atomic E-state index is 10.6. The molecule has 5 heteroatoms. The van der Waals surface area contributed by atoms with Gasteiger partial charge in [-0.15, -0.1) is 9.05 Å². The minimum atomic E-state index is -1.89. The zero-order chi connectivity index (χ0) is 8.91. The lowest BCUT2D eigenvalue weighted by Crippen LogP contribution is -2.37.